The third kappa shape index (κ3) is 3.11. The van der Waals surface area contributed by atoms with Crippen LogP contribution in [0.1, 0.15) is 39.7 Å². The summed E-state index contributed by atoms with van der Waals surface area (Å²) in [6, 6.07) is 9.11. The smallest absolute Gasteiger partial charge is 0.358 e. The lowest BCUT2D eigenvalue weighted by atomic mass is 9.87. The molecule has 0 fully saturated rings. The Morgan fingerprint density at radius 3 is 2.77 bits per heavy atom. The molecule has 132 valence electrons. The predicted octanol–water partition coefficient (Wildman–Crippen LogP) is 3.09. The zero-order valence-electron chi connectivity index (χ0n) is 13.8. The number of anilines is 1. The molecule has 1 amide bonds. The van der Waals surface area contributed by atoms with Crippen LogP contribution in [-0.2, 0) is 11.2 Å². The number of nitrogens with zero attached hydrogens (tertiary/aromatic N) is 3. The highest BCUT2D eigenvalue weighted by molar-refractivity contribution is 7.10. The Morgan fingerprint density at radius 2 is 2.04 bits per heavy atom. The lowest BCUT2D eigenvalue weighted by Crippen LogP contribution is -2.23. The van der Waals surface area contributed by atoms with Gasteiger partial charge < -0.3 is 10.4 Å². The van der Waals surface area contributed by atoms with E-state index in [1.807, 2.05) is 0 Å². The van der Waals surface area contributed by atoms with Crippen LogP contribution >= 0.6 is 11.3 Å². The molecule has 2 aromatic heterocycles. The van der Waals surface area contributed by atoms with E-state index in [-0.39, 0.29) is 17.5 Å². The summed E-state index contributed by atoms with van der Waals surface area (Å²) in [4.78, 5) is 24.9. The molecule has 1 aliphatic rings. The maximum absolute atomic E-state index is 12.7. The van der Waals surface area contributed by atoms with Crippen LogP contribution in [0.2, 0.25) is 0 Å². The number of aromatic nitrogens is 3. The number of hydrogen-bond donors (Lipinski definition) is 2. The van der Waals surface area contributed by atoms with Crippen molar-refractivity contribution in [3.05, 3.63) is 58.0 Å². The van der Waals surface area contributed by atoms with Crippen molar-refractivity contribution in [2.45, 2.75) is 25.2 Å². The highest BCUT2D eigenvalue weighted by Gasteiger charge is 2.27. The first-order chi connectivity index (χ1) is 12.6. The van der Waals surface area contributed by atoms with Crippen LogP contribution in [0.5, 0.6) is 0 Å². The van der Waals surface area contributed by atoms with Crippen molar-refractivity contribution in [1.29, 1.82) is 0 Å². The van der Waals surface area contributed by atoms with E-state index in [1.165, 1.54) is 15.8 Å². The molecular weight excluding hydrogens is 352 g/mol. The van der Waals surface area contributed by atoms with Gasteiger partial charge in [-0.2, -0.15) is 0 Å². The Hall–Kier alpha value is -3.00. The number of aryl methyl sites for hydroxylation is 1. The molecule has 0 saturated carbocycles. The van der Waals surface area contributed by atoms with Gasteiger partial charge in [0, 0.05) is 10.6 Å². The summed E-state index contributed by atoms with van der Waals surface area (Å²) >= 11 is 1.72. The molecule has 7 nitrogen and oxygen atoms in total. The minimum atomic E-state index is -1.12. The van der Waals surface area contributed by atoms with Crippen LogP contribution in [-0.4, -0.2) is 32.0 Å². The Balaban J connectivity index is 1.48. The lowest BCUT2D eigenvalue weighted by molar-refractivity contribution is -0.117. The molecule has 1 aromatic carbocycles. The fourth-order valence-electron chi connectivity index (χ4n) is 3.17. The van der Waals surface area contributed by atoms with Gasteiger partial charge in [-0.25, -0.2) is 9.48 Å². The standard InChI is InChI=1S/C18H16N4O3S/c23-17(14-2-1-3-16-13(14)8-9-26-16)19-11-4-6-12(7-5-11)22-10-15(18(24)25)20-21-22/h4-10,14H,1-3H2,(H,19,23)(H,24,25). The molecule has 8 heteroatoms. The largest absolute Gasteiger partial charge is 0.476 e. The fourth-order valence-corrected chi connectivity index (χ4v) is 4.16. The van der Waals surface area contributed by atoms with E-state index >= 15 is 0 Å². The molecule has 4 rings (SSSR count). The SMILES string of the molecule is O=C(O)c1cn(-c2ccc(NC(=O)C3CCCc4sccc43)cc2)nn1. The summed E-state index contributed by atoms with van der Waals surface area (Å²) in [6.45, 7) is 0. The molecule has 2 heterocycles. The number of carboxylic acid groups (broad SMARTS) is 1. The van der Waals surface area contributed by atoms with E-state index in [1.54, 1.807) is 35.6 Å². The summed E-state index contributed by atoms with van der Waals surface area (Å²) in [7, 11) is 0. The molecule has 0 saturated heterocycles. The number of hydrogen-bond acceptors (Lipinski definition) is 5. The topological polar surface area (TPSA) is 97.1 Å². The Morgan fingerprint density at radius 1 is 1.23 bits per heavy atom. The lowest BCUT2D eigenvalue weighted by Gasteiger charge is -2.21. The molecule has 1 atom stereocenters. The summed E-state index contributed by atoms with van der Waals surface area (Å²) in [5.74, 6) is -1.22. The Bertz CT molecular complexity index is 961. The number of nitrogens with one attached hydrogen (secondary N) is 1. The van der Waals surface area contributed by atoms with Gasteiger partial charge in [-0.15, -0.1) is 16.4 Å². The molecule has 2 N–H and O–H groups in total. The highest BCUT2D eigenvalue weighted by Crippen LogP contribution is 2.35. The molecule has 0 radical (unpaired) electrons. The number of carbonyl (C=O) groups excluding carboxylic acids is 1. The van der Waals surface area contributed by atoms with E-state index in [9.17, 15) is 9.59 Å². The van der Waals surface area contributed by atoms with Crippen LogP contribution in [0.25, 0.3) is 5.69 Å². The summed E-state index contributed by atoms with van der Waals surface area (Å²) in [6.07, 6.45) is 4.30. The van der Waals surface area contributed by atoms with Crippen molar-refractivity contribution < 1.29 is 14.7 Å². The number of benzene rings is 1. The van der Waals surface area contributed by atoms with Crippen molar-refractivity contribution in [3.63, 3.8) is 0 Å². The fraction of sp³-hybridized carbons (Fsp3) is 0.222. The zero-order chi connectivity index (χ0) is 18.1. The van der Waals surface area contributed by atoms with Gasteiger partial charge in [-0.3, -0.25) is 4.79 Å². The number of rotatable bonds is 4. The van der Waals surface area contributed by atoms with Crippen LogP contribution in [0, 0.1) is 0 Å². The number of thiophene rings is 1. The summed E-state index contributed by atoms with van der Waals surface area (Å²) in [5, 5.41) is 21.3. The van der Waals surface area contributed by atoms with Crippen LogP contribution in [0.4, 0.5) is 5.69 Å². The monoisotopic (exact) mass is 368 g/mol. The first-order valence-corrected chi connectivity index (χ1v) is 9.13. The van der Waals surface area contributed by atoms with Crippen LogP contribution in [0.15, 0.2) is 41.9 Å². The highest BCUT2D eigenvalue weighted by atomic mass is 32.1. The second-order valence-corrected chi connectivity index (χ2v) is 7.13. The Kier molecular flexibility index (Phi) is 4.26. The maximum atomic E-state index is 12.7. The van der Waals surface area contributed by atoms with Gasteiger partial charge in [0.25, 0.3) is 0 Å². The van der Waals surface area contributed by atoms with Gasteiger partial charge >= 0.3 is 5.97 Å². The second kappa shape index (κ2) is 6.72. The third-order valence-electron chi connectivity index (χ3n) is 4.48. The molecule has 26 heavy (non-hydrogen) atoms. The normalized spacial score (nSPS) is 16.1. The van der Waals surface area contributed by atoms with Gasteiger partial charge in [0.05, 0.1) is 17.8 Å². The van der Waals surface area contributed by atoms with E-state index in [0.29, 0.717) is 11.4 Å². The van der Waals surface area contributed by atoms with Gasteiger partial charge in [0.15, 0.2) is 5.69 Å². The molecule has 0 bridgehead atoms. The Labute approximate surface area is 153 Å². The number of aromatic carboxylic acids is 1. The first-order valence-electron chi connectivity index (χ1n) is 8.25. The average Bonchev–Trinajstić information content (AvgIpc) is 3.31. The first kappa shape index (κ1) is 16.5. The van der Waals surface area contributed by atoms with E-state index in [2.05, 4.69) is 27.1 Å². The van der Waals surface area contributed by atoms with Gasteiger partial charge in [-0.1, -0.05) is 5.21 Å². The van der Waals surface area contributed by atoms with Crippen molar-refractivity contribution in [2.24, 2.45) is 0 Å². The van der Waals surface area contributed by atoms with Crippen LogP contribution < -0.4 is 5.32 Å². The molecule has 3 aromatic rings. The molecule has 1 aliphatic carbocycles. The minimum Gasteiger partial charge on any atom is -0.476 e. The van der Waals surface area contributed by atoms with Gasteiger partial charge in [0.2, 0.25) is 5.91 Å². The summed E-state index contributed by atoms with van der Waals surface area (Å²) < 4.78 is 1.38. The number of carboxylic acids is 1. The van der Waals surface area contributed by atoms with E-state index in [0.717, 1.165) is 24.8 Å². The zero-order valence-corrected chi connectivity index (χ0v) is 14.6. The average molecular weight is 368 g/mol. The number of amides is 1. The van der Waals surface area contributed by atoms with Crippen molar-refractivity contribution in [3.8, 4) is 5.69 Å². The third-order valence-corrected chi connectivity index (χ3v) is 5.48. The molecule has 1 unspecified atom stereocenters. The quantitative estimate of drug-likeness (QED) is 0.738. The molecule has 0 aliphatic heterocycles. The van der Waals surface area contributed by atoms with Crippen molar-refractivity contribution in [2.75, 3.05) is 5.32 Å². The van der Waals surface area contributed by atoms with Gasteiger partial charge in [-0.05, 0) is 60.5 Å². The van der Waals surface area contributed by atoms with Crippen LogP contribution in [0.3, 0.4) is 0 Å². The summed E-state index contributed by atoms with van der Waals surface area (Å²) in [5.41, 5.74) is 2.39. The second-order valence-electron chi connectivity index (χ2n) is 6.13. The maximum Gasteiger partial charge on any atom is 0.358 e. The predicted molar refractivity (Wildman–Crippen MR) is 96.9 cm³/mol. The number of carbonyl (C=O) groups is 2. The van der Waals surface area contributed by atoms with E-state index < -0.39 is 5.97 Å². The van der Waals surface area contributed by atoms with Crippen molar-refractivity contribution >= 4 is 28.9 Å². The van der Waals surface area contributed by atoms with Gasteiger partial charge in [0.1, 0.15) is 0 Å². The number of fused-ring (bicyclic) bond motifs is 1. The molecular formula is C18H16N4O3S. The van der Waals surface area contributed by atoms with E-state index in [4.69, 9.17) is 5.11 Å². The minimum absolute atomic E-state index is 0.00557. The van der Waals surface area contributed by atoms with Crippen molar-refractivity contribution in [1.82, 2.24) is 15.0 Å². The molecule has 0 spiro atoms.